The van der Waals surface area contributed by atoms with E-state index in [4.69, 9.17) is 4.74 Å². The first-order valence-corrected chi connectivity index (χ1v) is 9.67. The fourth-order valence-electron chi connectivity index (χ4n) is 3.65. The van der Waals surface area contributed by atoms with Crippen LogP contribution in [0.1, 0.15) is 46.1 Å². The normalized spacial score (nSPS) is 19.0. The molecule has 0 saturated carbocycles. The Labute approximate surface area is 158 Å². The van der Waals surface area contributed by atoms with Crippen LogP contribution in [0.5, 0.6) is 0 Å². The van der Waals surface area contributed by atoms with Crippen molar-refractivity contribution in [1.29, 1.82) is 0 Å². The summed E-state index contributed by atoms with van der Waals surface area (Å²) in [6.45, 7) is 11.4. The molecular weight excluding hydrogens is 326 g/mol. The average Bonchev–Trinajstić information content (AvgIpc) is 2.58. The van der Waals surface area contributed by atoms with Gasteiger partial charge in [-0.3, -0.25) is 0 Å². The highest BCUT2D eigenvalue weighted by Crippen LogP contribution is 2.36. The van der Waals surface area contributed by atoms with E-state index in [-0.39, 0.29) is 11.6 Å². The van der Waals surface area contributed by atoms with Gasteiger partial charge in [-0.05, 0) is 72.2 Å². The van der Waals surface area contributed by atoms with E-state index in [1.807, 2.05) is 20.8 Å². The lowest BCUT2D eigenvalue weighted by atomic mass is 9.74. The maximum absolute atomic E-state index is 11.8. The number of hydrogen-bond acceptors (Lipinski definition) is 4. The summed E-state index contributed by atoms with van der Waals surface area (Å²) in [5.41, 5.74) is 0.745. The molecule has 5 heteroatoms. The van der Waals surface area contributed by atoms with Crippen molar-refractivity contribution >= 4 is 6.09 Å². The lowest BCUT2D eigenvalue weighted by Crippen LogP contribution is -2.51. The van der Waals surface area contributed by atoms with Gasteiger partial charge >= 0.3 is 6.09 Å². The lowest BCUT2D eigenvalue weighted by molar-refractivity contribution is 0.0524. The Bertz CT molecular complexity index is 562. The molecule has 1 aromatic carbocycles. The Hall–Kier alpha value is -1.59. The third-order valence-electron chi connectivity index (χ3n) is 5.19. The summed E-state index contributed by atoms with van der Waals surface area (Å²) in [5, 5.41) is 6.57. The molecule has 1 aliphatic rings. The molecule has 0 radical (unpaired) electrons. The van der Waals surface area contributed by atoms with Crippen molar-refractivity contribution in [3.63, 3.8) is 0 Å². The molecule has 146 valence electrons. The second-order valence-corrected chi connectivity index (χ2v) is 8.50. The number of carbonyl (C=O) groups is 1. The molecule has 2 rings (SSSR count). The van der Waals surface area contributed by atoms with Crippen LogP contribution in [0, 0.1) is 5.92 Å². The maximum Gasteiger partial charge on any atom is 0.407 e. The highest BCUT2D eigenvalue weighted by atomic mass is 16.6. The number of likely N-dealkylation sites (tertiary alicyclic amines) is 1. The van der Waals surface area contributed by atoms with Gasteiger partial charge in [0, 0.05) is 18.6 Å². The van der Waals surface area contributed by atoms with Crippen molar-refractivity contribution in [3.05, 3.63) is 35.9 Å². The predicted molar refractivity (Wildman–Crippen MR) is 106 cm³/mol. The Morgan fingerprint density at radius 2 is 1.73 bits per heavy atom. The first kappa shape index (κ1) is 20.7. The van der Waals surface area contributed by atoms with Crippen LogP contribution in [-0.2, 0) is 10.3 Å². The predicted octanol–water partition coefficient (Wildman–Crippen LogP) is 3.36. The highest BCUT2D eigenvalue weighted by molar-refractivity contribution is 5.67. The summed E-state index contributed by atoms with van der Waals surface area (Å²) in [6, 6.07) is 10.7. The Morgan fingerprint density at radius 3 is 2.31 bits per heavy atom. The molecular formula is C21H35N3O2. The van der Waals surface area contributed by atoms with Crippen molar-refractivity contribution in [2.24, 2.45) is 5.92 Å². The SMILES string of the molecule is CN1CCC(C(C)(NCCNC(=O)OC(C)(C)C)c2ccccc2)CC1. The second kappa shape index (κ2) is 8.87. The molecule has 1 heterocycles. The van der Waals surface area contributed by atoms with Gasteiger partial charge in [-0.25, -0.2) is 4.79 Å². The van der Waals surface area contributed by atoms with Crippen molar-refractivity contribution in [1.82, 2.24) is 15.5 Å². The first-order chi connectivity index (χ1) is 12.2. The molecule has 5 nitrogen and oxygen atoms in total. The number of ether oxygens (including phenoxy) is 1. The molecule has 1 aromatic rings. The number of nitrogens with one attached hydrogen (secondary N) is 2. The van der Waals surface area contributed by atoms with Crippen LogP contribution in [0.15, 0.2) is 30.3 Å². The Balaban J connectivity index is 1.96. The monoisotopic (exact) mass is 361 g/mol. The van der Waals surface area contributed by atoms with Crippen molar-refractivity contribution < 1.29 is 9.53 Å². The standard InChI is InChI=1S/C21H35N3O2/c1-20(2,3)26-19(25)22-13-14-23-21(4,17-9-7-6-8-10-17)18-11-15-24(5)16-12-18/h6-10,18,23H,11-16H2,1-5H3,(H,22,25). The third kappa shape index (κ3) is 5.99. The fraction of sp³-hybridized carbons (Fsp3) is 0.667. The van der Waals surface area contributed by atoms with E-state index in [1.165, 1.54) is 18.4 Å². The minimum Gasteiger partial charge on any atom is -0.444 e. The summed E-state index contributed by atoms with van der Waals surface area (Å²) in [5.74, 6) is 0.572. The zero-order valence-corrected chi connectivity index (χ0v) is 17.0. The Kier molecular flexibility index (Phi) is 7.07. The van der Waals surface area contributed by atoms with Crippen molar-refractivity contribution in [2.75, 3.05) is 33.2 Å². The number of amides is 1. The van der Waals surface area contributed by atoms with E-state index in [9.17, 15) is 4.79 Å². The molecule has 2 N–H and O–H groups in total. The van der Waals surface area contributed by atoms with Gasteiger partial charge in [-0.1, -0.05) is 30.3 Å². The van der Waals surface area contributed by atoms with Gasteiger partial charge in [-0.15, -0.1) is 0 Å². The first-order valence-electron chi connectivity index (χ1n) is 9.67. The van der Waals surface area contributed by atoms with E-state index in [0.717, 1.165) is 13.1 Å². The minimum absolute atomic E-state index is 0.0991. The second-order valence-electron chi connectivity index (χ2n) is 8.50. The third-order valence-corrected chi connectivity index (χ3v) is 5.19. The van der Waals surface area contributed by atoms with Crippen LogP contribution < -0.4 is 10.6 Å². The Morgan fingerprint density at radius 1 is 1.12 bits per heavy atom. The van der Waals surface area contributed by atoms with Crippen molar-refractivity contribution in [3.8, 4) is 0 Å². The number of benzene rings is 1. The van der Waals surface area contributed by atoms with Crippen LogP contribution in [0.25, 0.3) is 0 Å². The number of hydrogen-bond donors (Lipinski definition) is 2. The molecule has 1 fully saturated rings. The van der Waals surface area contributed by atoms with Gasteiger partial charge in [-0.2, -0.15) is 0 Å². The van der Waals surface area contributed by atoms with E-state index < -0.39 is 5.60 Å². The molecule has 0 aromatic heterocycles. The molecule has 0 aliphatic carbocycles. The minimum atomic E-state index is -0.468. The van der Waals surface area contributed by atoms with Gasteiger partial charge < -0.3 is 20.3 Å². The average molecular weight is 362 g/mol. The summed E-state index contributed by atoms with van der Waals surface area (Å²) in [4.78, 5) is 14.2. The van der Waals surface area contributed by atoms with Crippen LogP contribution in [0.3, 0.4) is 0 Å². The highest BCUT2D eigenvalue weighted by Gasteiger charge is 2.36. The topological polar surface area (TPSA) is 53.6 Å². The van der Waals surface area contributed by atoms with Gasteiger partial charge in [0.1, 0.15) is 5.60 Å². The molecule has 26 heavy (non-hydrogen) atoms. The molecule has 1 unspecified atom stereocenters. The number of rotatable bonds is 6. The summed E-state index contributed by atoms with van der Waals surface area (Å²) in [7, 11) is 2.19. The lowest BCUT2D eigenvalue weighted by Gasteiger charge is -2.43. The fourth-order valence-corrected chi connectivity index (χ4v) is 3.65. The van der Waals surface area contributed by atoms with E-state index in [2.05, 4.69) is 59.8 Å². The van der Waals surface area contributed by atoms with E-state index >= 15 is 0 Å². The van der Waals surface area contributed by atoms with Crippen molar-refractivity contribution in [2.45, 2.75) is 51.7 Å². The van der Waals surface area contributed by atoms with Crippen LogP contribution in [-0.4, -0.2) is 49.8 Å². The number of nitrogens with zero attached hydrogens (tertiary/aromatic N) is 1. The van der Waals surface area contributed by atoms with E-state index in [0.29, 0.717) is 19.0 Å². The summed E-state index contributed by atoms with van der Waals surface area (Å²) in [6.07, 6.45) is 1.99. The van der Waals surface area contributed by atoms with Gasteiger partial charge in [0.2, 0.25) is 0 Å². The quantitative estimate of drug-likeness (QED) is 0.763. The van der Waals surface area contributed by atoms with Crippen LogP contribution >= 0.6 is 0 Å². The maximum atomic E-state index is 11.8. The summed E-state index contributed by atoms with van der Waals surface area (Å²) >= 11 is 0. The van der Waals surface area contributed by atoms with Gasteiger partial charge in [0.15, 0.2) is 0 Å². The van der Waals surface area contributed by atoms with Gasteiger partial charge in [0.25, 0.3) is 0 Å². The molecule has 1 amide bonds. The molecule has 1 aliphatic heterocycles. The molecule has 0 bridgehead atoms. The zero-order valence-electron chi connectivity index (χ0n) is 17.0. The number of alkyl carbamates (subject to hydrolysis) is 1. The molecule has 1 saturated heterocycles. The van der Waals surface area contributed by atoms with Crippen LogP contribution in [0.2, 0.25) is 0 Å². The van der Waals surface area contributed by atoms with Crippen LogP contribution in [0.4, 0.5) is 4.79 Å². The number of piperidine rings is 1. The van der Waals surface area contributed by atoms with Gasteiger partial charge in [0.05, 0.1) is 0 Å². The molecule has 1 atom stereocenters. The largest absolute Gasteiger partial charge is 0.444 e. The number of carbonyl (C=O) groups excluding carboxylic acids is 1. The zero-order chi connectivity index (χ0) is 19.2. The summed E-state index contributed by atoms with van der Waals surface area (Å²) < 4.78 is 5.30. The smallest absolute Gasteiger partial charge is 0.407 e. The molecule has 0 spiro atoms. The van der Waals surface area contributed by atoms with E-state index in [1.54, 1.807) is 0 Å².